The van der Waals surface area contributed by atoms with Gasteiger partial charge in [0.15, 0.2) is 0 Å². The number of amides is 1. The SMILES string of the molecule is CNC(=O)CCCOc1cc(C)c(OS(=O)N=C(N)c2ccc(OCCCCOO)cc2)c(C)c1C. The monoisotopic (exact) mass is 521 g/mol. The average molecular weight is 522 g/mol. The Kier molecular flexibility index (Phi) is 12.2. The third-order valence-corrected chi connectivity index (χ3v) is 6.09. The number of aryl methyl sites for hydroxylation is 1. The van der Waals surface area contributed by atoms with Crippen molar-refractivity contribution in [2.24, 2.45) is 10.1 Å². The summed E-state index contributed by atoms with van der Waals surface area (Å²) in [6.45, 7) is 6.74. The van der Waals surface area contributed by atoms with Crippen LogP contribution < -0.4 is 24.7 Å². The number of hydrogen-bond donors (Lipinski definition) is 3. The van der Waals surface area contributed by atoms with Crippen molar-refractivity contribution in [2.75, 3.05) is 26.9 Å². The van der Waals surface area contributed by atoms with Crippen molar-refractivity contribution in [1.29, 1.82) is 0 Å². The third-order valence-electron chi connectivity index (χ3n) is 5.44. The van der Waals surface area contributed by atoms with Gasteiger partial charge in [0.1, 0.15) is 23.1 Å². The van der Waals surface area contributed by atoms with Crippen LogP contribution in [-0.4, -0.2) is 48.1 Å². The smallest absolute Gasteiger partial charge is 0.340 e. The van der Waals surface area contributed by atoms with Crippen LogP contribution in [0, 0.1) is 20.8 Å². The van der Waals surface area contributed by atoms with Crippen molar-refractivity contribution in [3.05, 3.63) is 52.6 Å². The predicted molar refractivity (Wildman–Crippen MR) is 139 cm³/mol. The lowest BCUT2D eigenvalue weighted by atomic mass is 10.0. The fourth-order valence-electron chi connectivity index (χ4n) is 3.24. The summed E-state index contributed by atoms with van der Waals surface area (Å²) in [5.41, 5.74) is 8.99. The number of ether oxygens (including phenoxy) is 2. The molecule has 1 unspecified atom stereocenters. The lowest BCUT2D eigenvalue weighted by Crippen LogP contribution is -2.18. The molecule has 0 aliphatic heterocycles. The highest BCUT2D eigenvalue weighted by atomic mass is 32.2. The number of hydrogen-bond acceptors (Lipinski definition) is 7. The lowest BCUT2D eigenvalue weighted by molar-refractivity contribution is -0.242. The molecule has 0 saturated carbocycles. The van der Waals surface area contributed by atoms with Crippen LogP contribution in [0.2, 0.25) is 0 Å². The van der Waals surface area contributed by atoms with Crippen molar-refractivity contribution in [3.8, 4) is 17.2 Å². The van der Waals surface area contributed by atoms with E-state index in [-0.39, 0.29) is 18.3 Å². The number of carbonyl (C=O) groups excluding carboxylic acids is 1. The summed E-state index contributed by atoms with van der Waals surface area (Å²) in [7, 11) is 1.60. The highest BCUT2D eigenvalue weighted by Gasteiger charge is 2.16. The second kappa shape index (κ2) is 15.1. The zero-order chi connectivity index (χ0) is 26.5. The number of benzene rings is 2. The molecule has 0 bridgehead atoms. The summed E-state index contributed by atoms with van der Waals surface area (Å²) in [5, 5.41) is 10.9. The van der Waals surface area contributed by atoms with Gasteiger partial charge in [-0.25, -0.2) is 4.89 Å². The van der Waals surface area contributed by atoms with Crippen LogP contribution in [0.25, 0.3) is 0 Å². The Morgan fingerprint density at radius 1 is 1.03 bits per heavy atom. The summed E-state index contributed by atoms with van der Waals surface area (Å²) in [6.07, 6.45) is 2.42. The molecule has 1 amide bonds. The van der Waals surface area contributed by atoms with E-state index in [4.69, 9.17) is 24.6 Å². The molecule has 0 aliphatic carbocycles. The Morgan fingerprint density at radius 2 is 1.69 bits per heavy atom. The molecule has 0 radical (unpaired) electrons. The molecule has 2 aromatic carbocycles. The molecule has 0 spiro atoms. The van der Waals surface area contributed by atoms with E-state index in [0.717, 1.165) is 23.1 Å². The molecule has 4 N–H and O–H groups in total. The van der Waals surface area contributed by atoms with E-state index < -0.39 is 11.3 Å². The van der Waals surface area contributed by atoms with E-state index in [2.05, 4.69) is 14.6 Å². The maximum absolute atomic E-state index is 12.6. The molecule has 2 rings (SSSR count). The Morgan fingerprint density at radius 3 is 2.36 bits per heavy atom. The van der Waals surface area contributed by atoms with Gasteiger partial charge in [-0.2, -0.15) is 4.21 Å². The number of nitrogens with two attached hydrogens (primary N) is 1. The molecule has 11 heteroatoms. The van der Waals surface area contributed by atoms with E-state index in [1.54, 1.807) is 31.3 Å². The molecule has 1 atom stereocenters. The van der Waals surface area contributed by atoms with E-state index >= 15 is 0 Å². The molecule has 0 fully saturated rings. The summed E-state index contributed by atoms with van der Waals surface area (Å²) < 4.78 is 33.7. The molecule has 36 heavy (non-hydrogen) atoms. The standard InChI is InChI=1S/C25H35N3O7S/c1-17-16-22(33-14-7-8-23(29)27-4)18(2)19(3)24(17)35-36(31)28-25(26)20-9-11-21(12-10-20)32-13-5-6-15-34-30/h9-12,16,30H,5-8,13-15H2,1-4H3,(H2,26,28)(H,27,29). The van der Waals surface area contributed by atoms with Crippen molar-refractivity contribution < 1.29 is 32.8 Å². The first-order valence-corrected chi connectivity index (χ1v) is 12.7. The van der Waals surface area contributed by atoms with Gasteiger partial charge < -0.3 is 24.7 Å². The van der Waals surface area contributed by atoms with Crippen molar-refractivity contribution in [3.63, 3.8) is 0 Å². The highest BCUT2D eigenvalue weighted by Crippen LogP contribution is 2.34. The average Bonchev–Trinajstić information content (AvgIpc) is 2.87. The first-order valence-electron chi connectivity index (χ1n) is 11.6. The van der Waals surface area contributed by atoms with Crippen LogP contribution in [0.1, 0.15) is 47.9 Å². The lowest BCUT2D eigenvalue weighted by Gasteiger charge is -2.16. The van der Waals surface area contributed by atoms with Crippen molar-refractivity contribution in [2.45, 2.75) is 46.5 Å². The first kappa shape index (κ1) is 29.1. The van der Waals surface area contributed by atoms with Gasteiger partial charge in [0.2, 0.25) is 5.91 Å². The van der Waals surface area contributed by atoms with Crippen LogP contribution in [0.15, 0.2) is 34.7 Å². The zero-order valence-corrected chi connectivity index (χ0v) is 22.0. The van der Waals surface area contributed by atoms with Crippen LogP contribution >= 0.6 is 0 Å². The molecule has 0 aliphatic rings. The molecule has 0 heterocycles. The van der Waals surface area contributed by atoms with Gasteiger partial charge in [-0.05, 0) is 87.1 Å². The van der Waals surface area contributed by atoms with Gasteiger partial charge in [-0.1, -0.05) is 0 Å². The fraction of sp³-hybridized carbons (Fsp3) is 0.440. The molecular weight excluding hydrogens is 486 g/mol. The minimum atomic E-state index is -2.05. The number of rotatable bonds is 15. The summed E-state index contributed by atoms with van der Waals surface area (Å²) in [4.78, 5) is 15.4. The van der Waals surface area contributed by atoms with Gasteiger partial charge in [0.05, 0.1) is 19.8 Å². The number of carbonyl (C=O) groups is 1. The summed E-state index contributed by atoms with van der Waals surface area (Å²) in [5.74, 6) is 1.84. The minimum Gasteiger partial charge on any atom is -0.494 e. The van der Waals surface area contributed by atoms with Crippen molar-refractivity contribution in [1.82, 2.24) is 5.32 Å². The number of unbranched alkanes of at least 4 members (excludes halogenated alkanes) is 1. The van der Waals surface area contributed by atoms with Crippen LogP contribution in [0.4, 0.5) is 0 Å². The van der Waals surface area contributed by atoms with Crippen LogP contribution in [-0.2, 0) is 20.9 Å². The number of nitrogens with zero attached hydrogens (tertiary/aromatic N) is 1. The quantitative estimate of drug-likeness (QED) is 0.106. The van der Waals surface area contributed by atoms with E-state index in [0.29, 0.717) is 55.3 Å². The normalized spacial score (nSPS) is 12.2. The molecule has 0 saturated heterocycles. The topological polar surface area (TPSA) is 142 Å². The van der Waals surface area contributed by atoms with Crippen LogP contribution in [0.3, 0.4) is 0 Å². The third kappa shape index (κ3) is 9.14. The van der Waals surface area contributed by atoms with Gasteiger partial charge in [-0.3, -0.25) is 10.1 Å². The Hall–Kier alpha value is -3.15. The van der Waals surface area contributed by atoms with Crippen LogP contribution in [0.5, 0.6) is 17.2 Å². The maximum atomic E-state index is 12.6. The van der Waals surface area contributed by atoms with Gasteiger partial charge in [-0.15, -0.1) is 4.40 Å². The predicted octanol–water partition coefficient (Wildman–Crippen LogP) is 3.53. The highest BCUT2D eigenvalue weighted by molar-refractivity contribution is 7.79. The Labute approximate surface area is 214 Å². The molecular formula is C25H35N3O7S. The second-order valence-electron chi connectivity index (χ2n) is 8.09. The van der Waals surface area contributed by atoms with Gasteiger partial charge in [0.25, 0.3) is 0 Å². The minimum absolute atomic E-state index is 0.0285. The summed E-state index contributed by atoms with van der Waals surface area (Å²) in [6, 6.07) is 8.75. The van der Waals surface area contributed by atoms with Gasteiger partial charge in [0, 0.05) is 19.0 Å². The zero-order valence-electron chi connectivity index (χ0n) is 21.2. The molecule has 2 aromatic rings. The molecule has 198 valence electrons. The molecule has 0 aromatic heterocycles. The molecule has 10 nitrogen and oxygen atoms in total. The van der Waals surface area contributed by atoms with Crippen molar-refractivity contribution >= 4 is 23.0 Å². The first-order chi connectivity index (χ1) is 17.3. The van der Waals surface area contributed by atoms with Gasteiger partial charge >= 0.3 is 11.3 Å². The van der Waals surface area contributed by atoms with E-state index in [1.807, 2.05) is 26.8 Å². The number of amidine groups is 1. The largest absolute Gasteiger partial charge is 0.494 e. The second-order valence-corrected chi connectivity index (χ2v) is 8.87. The maximum Gasteiger partial charge on any atom is 0.340 e. The Balaban J connectivity index is 1.98. The fourth-order valence-corrected chi connectivity index (χ4v) is 3.95. The summed E-state index contributed by atoms with van der Waals surface area (Å²) >= 11 is -2.05. The Bertz CT molecular complexity index is 1060. The van der Waals surface area contributed by atoms with E-state index in [1.165, 1.54) is 0 Å². The van der Waals surface area contributed by atoms with E-state index in [9.17, 15) is 9.00 Å². The number of nitrogens with one attached hydrogen (secondary N) is 1.